The van der Waals surface area contributed by atoms with Gasteiger partial charge in [-0.05, 0) is 37.1 Å². The standard InChI is InChI=1S/C18H15ClFN3O3/c19-16-9-11(3-6-21-16)17(24)22-7-4-13(5-8-22)23-14-10-12(20)1-2-15(14)26-18(23)25/h1-3,6,9-10,13H,4-5,7-8H2. The lowest BCUT2D eigenvalue weighted by Gasteiger charge is -2.32. The molecule has 0 spiro atoms. The van der Waals surface area contributed by atoms with Crippen molar-refractivity contribution in [1.29, 1.82) is 0 Å². The van der Waals surface area contributed by atoms with Crippen molar-refractivity contribution in [1.82, 2.24) is 14.5 Å². The number of carbonyl (C=O) groups excluding carboxylic acids is 1. The second kappa shape index (κ2) is 6.57. The first kappa shape index (κ1) is 16.8. The highest BCUT2D eigenvalue weighted by Gasteiger charge is 2.27. The molecule has 0 unspecified atom stereocenters. The average Bonchev–Trinajstić information content (AvgIpc) is 2.96. The Morgan fingerprint density at radius 2 is 2.00 bits per heavy atom. The van der Waals surface area contributed by atoms with Crippen molar-refractivity contribution in [3.05, 3.63) is 63.6 Å². The van der Waals surface area contributed by atoms with Crippen LogP contribution in [0.4, 0.5) is 4.39 Å². The second-order valence-corrected chi connectivity index (χ2v) is 6.63. The van der Waals surface area contributed by atoms with Gasteiger partial charge in [0.1, 0.15) is 11.0 Å². The van der Waals surface area contributed by atoms with Crippen LogP contribution in [0.2, 0.25) is 5.15 Å². The van der Waals surface area contributed by atoms with Crippen molar-refractivity contribution in [3.63, 3.8) is 0 Å². The summed E-state index contributed by atoms with van der Waals surface area (Å²) in [5.74, 6) is -1.05. The van der Waals surface area contributed by atoms with Crippen molar-refractivity contribution in [3.8, 4) is 0 Å². The van der Waals surface area contributed by atoms with Gasteiger partial charge in [0.2, 0.25) is 0 Å². The van der Waals surface area contributed by atoms with Crippen molar-refractivity contribution in [2.75, 3.05) is 13.1 Å². The maximum atomic E-state index is 13.6. The molecule has 0 aliphatic carbocycles. The van der Waals surface area contributed by atoms with Crippen LogP contribution in [0.1, 0.15) is 29.2 Å². The van der Waals surface area contributed by atoms with Gasteiger partial charge in [-0.3, -0.25) is 9.36 Å². The van der Waals surface area contributed by atoms with Gasteiger partial charge in [-0.2, -0.15) is 0 Å². The zero-order valence-electron chi connectivity index (χ0n) is 13.7. The fraction of sp³-hybridized carbons (Fsp3) is 0.278. The first-order valence-electron chi connectivity index (χ1n) is 8.24. The molecule has 0 bridgehead atoms. The molecule has 3 heterocycles. The van der Waals surface area contributed by atoms with E-state index in [1.807, 2.05) is 0 Å². The van der Waals surface area contributed by atoms with Crippen LogP contribution in [0.3, 0.4) is 0 Å². The van der Waals surface area contributed by atoms with Crippen LogP contribution in [-0.4, -0.2) is 33.4 Å². The Morgan fingerprint density at radius 3 is 2.73 bits per heavy atom. The van der Waals surface area contributed by atoms with Crippen molar-refractivity contribution < 1.29 is 13.6 Å². The molecule has 0 N–H and O–H groups in total. The van der Waals surface area contributed by atoms with Gasteiger partial charge in [-0.25, -0.2) is 14.2 Å². The van der Waals surface area contributed by atoms with Crippen LogP contribution >= 0.6 is 11.6 Å². The van der Waals surface area contributed by atoms with E-state index in [2.05, 4.69) is 4.98 Å². The number of nitrogens with zero attached hydrogens (tertiary/aromatic N) is 3. The van der Waals surface area contributed by atoms with E-state index in [1.54, 1.807) is 11.0 Å². The fourth-order valence-electron chi connectivity index (χ4n) is 3.40. The molecule has 0 atom stereocenters. The molecule has 6 nitrogen and oxygen atoms in total. The number of rotatable bonds is 2. The molecule has 0 saturated carbocycles. The zero-order chi connectivity index (χ0) is 18.3. The van der Waals surface area contributed by atoms with E-state index in [4.69, 9.17) is 16.0 Å². The lowest BCUT2D eigenvalue weighted by molar-refractivity contribution is 0.0693. The highest BCUT2D eigenvalue weighted by Crippen LogP contribution is 2.27. The highest BCUT2D eigenvalue weighted by molar-refractivity contribution is 6.29. The Balaban J connectivity index is 1.54. The summed E-state index contributed by atoms with van der Waals surface area (Å²) in [5, 5.41) is 0.268. The third kappa shape index (κ3) is 2.99. The number of oxazole rings is 1. The number of halogens is 2. The minimum absolute atomic E-state index is 0.122. The van der Waals surface area contributed by atoms with Crippen LogP contribution in [0.15, 0.2) is 45.7 Å². The number of benzene rings is 1. The summed E-state index contributed by atoms with van der Waals surface area (Å²) in [6, 6.07) is 7.03. The minimum Gasteiger partial charge on any atom is -0.408 e. The van der Waals surface area contributed by atoms with Gasteiger partial charge >= 0.3 is 5.76 Å². The summed E-state index contributed by atoms with van der Waals surface area (Å²) in [6.07, 6.45) is 2.65. The summed E-state index contributed by atoms with van der Waals surface area (Å²) >= 11 is 5.84. The first-order chi connectivity index (χ1) is 12.5. The Morgan fingerprint density at radius 1 is 1.23 bits per heavy atom. The van der Waals surface area contributed by atoms with E-state index >= 15 is 0 Å². The van der Waals surface area contributed by atoms with Gasteiger partial charge in [0, 0.05) is 37.0 Å². The molecule has 1 aromatic carbocycles. The molecular weight excluding hydrogens is 361 g/mol. The minimum atomic E-state index is -0.503. The molecule has 134 valence electrons. The SMILES string of the molecule is O=C(c1ccnc(Cl)c1)N1CCC(n2c(=O)oc3ccc(F)cc32)CC1. The van der Waals surface area contributed by atoms with Crippen LogP contribution in [0.25, 0.3) is 11.1 Å². The number of carbonyl (C=O) groups is 1. The molecule has 1 amide bonds. The van der Waals surface area contributed by atoms with Gasteiger partial charge in [0.25, 0.3) is 5.91 Å². The van der Waals surface area contributed by atoms with Crippen molar-refractivity contribution >= 4 is 28.6 Å². The van der Waals surface area contributed by atoms with Gasteiger partial charge in [-0.1, -0.05) is 11.6 Å². The number of amides is 1. The molecular formula is C18H15ClFN3O3. The Kier molecular flexibility index (Phi) is 4.24. The van der Waals surface area contributed by atoms with E-state index in [-0.39, 0.29) is 17.1 Å². The fourth-order valence-corrected chi connectivity index (χ4v) is 3.57. The quantitative estimate of drug-likeness (QED) is 0.645. The largest absolute Gasteiger partial charge is 0.420 e. The number of fused-ring (bicyclic) bond motifs is 1. The number of aromatic nitrogens is 2. The summed E-state index contributed by atoms with van der Waals surface area (Å²) < 4.78 is 20.2. The summed E-state index contributed by atoms with van der Waals surface area (Å²) in [5.41, 5.74) is 1.29. The Hall–Kier alpha value is -2.67. The Labute approximate surface area is 152 Å². The predicted octanol–water partition coefficient (Wildman–Crippen LogP) is 3.26. The van der Waals surface area contributed by atoms with Gasteiger partial charge in [0.15, 0.2) is 5.58 Å². The van der Waals surface area contributed by atoms with E-state index in [0.29, 0.717) is 42.6 Å². The third-order valence-electron chi connectivity index (χ3n) is 4.66. The molecule has 8 heteroatoms. The normalized spacial score (nSPS) is 15.5. The Bertz CT molecular complexity index is 1040. The lowest BCUT2D eigenvalue weighted by atomic mass is 10.0. The molecule has 0 radical (unpaired) electrons. The maximum absolute atomic E-state index is 13.6. The summed E-state index contributed by atoms with van der Waals surface area (Å²) in [4.78, 5) is 30.4. The molecule has 1 fully saturated rings. The number of likely N-dealkylation sites (tertiary alicyclic amines) is 1. The molecule has 4 rings (SSSR count). The molecule has 1 saturated heterocycles. The van der Waals surface area contributed by atoms with Crippen LogP contribution in [0, 0.1) is 5.82 Å². The second-order valence-electron chi connectivity index (χ2n) is 6.24. The third-order valence-corrected chi connectivity index (χ3v) is 4.87. The summed E-state index contributed by atoms with van der Waals surface area (Å²) in [7, 11) is 0. The average molecular weight is 376 g/mol. The topological polar surface area (TPSA) is 68.3 Å². The number of hydrogen-bond donors (Lipinski definition) is 0. The van der Waals surface area contributed by atoms with E-state index in [0.717, 1.165) is 0 Å². The molecule has 26 heavy (non-hydrogen) atoms. The number of piperidine rings is 1. The van der Waals surface area contributed by atoms with Gasteiger partial charge in [-0.15, -0.1) is 0 Å². The first-order valence-corrected chi connectivity index (χ1v) is 8.62. The van der Waals surface area contributed by atoms with E-state index in [1.165, 1.54) is 35.0 Å². The predicted molar refractivity (Wildman–Crippen MR) is 93.9 cm³/mol. The maximum Gasteiger partial charge on any atom is 0.420 e. The highest BCUT2D eigenvalue weighted by atomic mass is 35.5. The van der Waals surface area contributed by atoms with Crippen molar-refractivity contribution in [2.45, 2.75) is 18.9 Å². The van der Waals surface area contributed by atoms with Gasteiger partial charge in [0.05, 0.1) is 5.52 Å². The lowest BCUT2D eigenvalue weighted by Crippen LogP contribution is -2.40. The molecule has 1 aliphatic heterocycles. The van der Waals surface area contributed by atoms with Gasteiger partial charge < -0.3 is 9.32 Å². The molecule has 1 aliphatic rings. The number of hydrogen-bond acceptors (Lipinski definition) is 4. The van der Waals surface area contributed by atoms with Crippen LogP contribution in [-0.2, 0) is 0 Å². The van der Waals surface area contributed by atoms with Crippen molar-refractivity contribution in [2.24, 2.45) is 0 Å². The zero-order valence-corrected chi connectivity index (χ0v) is 14.4. The van der Waals surface area contributed by atoms with E-state index < -0.39 is 11.6 Å². The van der Waals surface area contributed by atoms with Crippen LogP contribution < -0.4 is 5.76 Å². The molecule has 2 aromatic heterocycles. The molecule has 3 aromatic rings. The number of pyridine rings is 1. The monoisotopic (exact) mass is 375 g/mol. The summed E-state index contributed by atoms with van der Waals surface area (Å²) in [6.45, 7) is 0.968. The van der Waals surface area contributed by atoms with E-state index in [9.17, 15) is 14.0 Å². The smallest absolute Gasteiger partial charge is 0.408 e. The van der Waals surface area contributed by atoms with Crippen LogP contribution in [0.5, 0.6) is 0 Å².